The minimum Gasteiger partial charge on any atom is -0.497 e. The summed E-state index contributed by atoms with van der Waals surface area (Å²) in [5.74, 6) is 1.33. The van der Waals surface area contributed by atoms with E-state index in [4.69, 9.17) is 4.74 Å². The van der Waals surface area contributed by atoms with E-state index in [0.29, 0.717) is 34.5 Å². The molecule has 4 aliphatic carbocycles. The Hall–Kier alpha value is -3.41. The van der Waals surface area contributed by atoms with E-state index in [1.165, 1.54) is 4.90 Å². The van der Waals surface area contributed by atoms with E-state index in [-0.39, 0.29) is 41.4 Å². The van der Waals surface area contributed by atoms with Crippen molar-refractivity contribution in [2.24, 2.45) is 35.5 Å². The van der Waals surface area contributed by atoms with E-state index >= 15 is 0 Å². The first kappa shape index (κ1) is 18.4. The van der Waals surface area contributed by atoms with Crippen molar-refractivity contribution in [3.63, 3.8) is 0 Å². The van der Waals surface area contributed by atoms with Crippen molar-refractivity contribution in [2.45, 2.75) is 6.42 Å². The number of imide groups is 1. The molecule has 7 rings (SSSR count). The maximum atomic E-state index is 13.2. The molecule has 0 radical (unpaired) electrons. The highest BCUT2D eigenvalue weighted by Gasteiger charge is 2.67. The lowest BCUT2D eigenvalue weighted by Gasteiger charge is -2.37. The molecule has 1 saturated heterocycles. The molecule has 2 aromatic rings. The molecular weight excluding hydrogens is 392 g/mol. The van der Waals surface area contributed by atoms with Crippen LogP contribution in [0.15, 0.2) is 60.7 Å². The van der Waals surface area contributed by atoms with Crippen LogP contribution in [0, 0.1) is 35.5 Å². The lowest BCUT2D eigenvalue weighted by atomic mass is 9.63. The lowest BCUT2D eigenvalue weighted by Crippen LogP contribution is -2.40. The van der Waals surface area contributed by atoms with Crippen molar-refractivity contribution in [3.05, 3.63) is 66.2 Å². The monoisotopic (exact) mass is 414 g/mol. The fourth-order valence-corrected chi connectivity index (χ4v) is 5.88. The Morgan fingerprint density at radius 1 is 0.968 bits per heavy atom. The zero-order valence-electron chi connectivity index (χ0n) is 17.0. The van der Waals surface area contributed by atoms with Gasteiger partial charge in [-0.05, 0) is 66.5 Å². The number of carbonyl (C=O) groups is 3. The summed E-state index contributed by atoms with van der Waals surface area (Å²) in [6.45, 7) is 0. The molecule has 2 saturated carbocycles. The molecule has 3 fully saturated rings. The van der Waals surface area contributed by atoms with Gasteiger partial charge in [0.25, 0.3) is 5.91 Å². The normalized spacial score (nSPS) is 32.0. The predicted octanol–water partition coefficient (Wildman–Crippen LogP) is 3.51. The number of methoxy groups -OCH3 is 1. The van der Waals surface area contributed by atoms with Crippen molar-refractivity contribution in [1.29, 1.82) is 0 Å². The average molecular weight is 414 g/mol. The molecule has 31 heavy (non-hydrogen) atoms. The van der Waals surface area contributed by atoms with Crippen LogP contribution >= 0.6 is 0 Å². The Morgan fingerprint density at radius 2 is 1.61 bits per heavy atom. The van der Waals surface area contributed by atoms with Gasteiger partial charge in [-0.25, -0.2) is 0 Å². The average Bonchev–Trinajstić information content (AvgIpc) is 3.57. The van der Waals surface area contributed by atoms with Crippen LogP contribution in [0.3, 0.4) is 0 Å². The molecule has 156 valence electrons. The minimum atomic E-state index is -0.269. The van der Waals surface area contributed by atoms with Gasteiger partial charge in [0.15, 0.2) is 0 Å². The van der Waals surface area contributed by atoms with Gasteiger partial charge in [-0.15, -0.1) is 0 Å². The molecule has 2 aromatic carbocycles. The second-order valence-electron chi connectivity index (χ2n) is 8.90. The quantitative estimate of drug-likeness (QED) is 0.614. The van der Waals surface area contributed by atoms with Crippen LogP contribution in [0.1, 0.15) is 16.8 Å². The number of ether oxygens (including phenoxy) is 1. The van der Waals surface area contributed by atoms with Crippen molar-refractivity contribution in [1.82, 2.24) is 0 Å². The zero-order chi connectivity index (χ0) is 21.3. The Balaban J connectivity index is 1.22. The molecule has 1 heterocycles. The number of nitrogens with one attached hydrogen (secondary N) is 1. The van der Waals surface area contributed by atoms with Crippen LogP contribution in [0.4, 0.5) is 11.4 Å². The molecule has 6 heteroatoms. The van der Waals surface area contributed by atoms with Gasteiger partial charge >= 0.3 is 0 Å². The first-order chi connectivity index (χ1) is 15.1. The zero-order valence-corrected chi connectivity index (χ0v) is 17.0. The van der Waals surface area contributed by atoms with Gasteiger partial charge in [0, 0.05) is 17.3 Å². The number of nitrogens with zero attached hydrogens (tertiary/aromatic N) is 1. The highest BCUT2D eigenvalue weighted by Crippen LogP contribution is 2.65. The van der Waals surface area contributed by atoms with Crippen molar-refractivity contribution < 1.29 is 19.1 Å². The SMILES string of the molecule is COc1cccc(NC(=O)c2ccc(N3C(=O)[C@@H]4[C@H]5C=C[C@@H]([C@@H]6C[C@H]56)[C@@H]4C3=O)cc2)c1. The Bertz CT molecular complexity index is 1100. The predicted molar refractivity (Wildman–Crippen MR) is 115 cm³/mol. The molecule has 1 aliphatic heterocycles. The summed E-state index contributed by atoms with van der Waals surface area (Å²) in [6, 6.07) is 13.8. The molecule has 6 nitrogen and oxygen atoms in total. The minimum absolute atomic E-state index is 0.0896. The third-order valence-electron chi connectivity index (χ3n) is 7.38. The molecular formula is C25H22N2O4. The smallest absolute Gasteiger partial charge is 0.255 e. The van der Waals surface area contributed by atoms with E-state index in [2.05, 4.69) is 17.5 Å². The van der Waals surface area contributed by atoms with Crippen molar-refractivity contribution in [2.75, 3.05) is 17.3 Å². The summed E-state index contributed by atoms with van der Waals surface area (Å²) in [5, 5.41) is 2.84. The number of allylic oxidation sites excluding steroid dienone is 2. The second kappa shape index (κ2) is 6.54. The number of rotatable bonds is 4. The van der Waals surface area contributed by atoms with E-state index in [9.17, 15) is 14.4 Å². The largest absolute Gasteiger partial charge is 0.497 e. The van der Waals surface area contributed by atoms with Crippen LogP contribution in [0.25, 0.3) is 0 Å². The molecule has 2 bridgehead atoms. The van der Waals surface area contributed by atoms with Crippen LogP contribution in [-0.4, -0.2) is 24.8 Å². The molecule has 6 atom stereocenters. The van der Waals surface area contributed by atoms with Crippen LogP contribution in [0.5, 0.6) is 5.75 Å². The summed E-state index contributed by atoms with van der Waals surface area (Å²) in [6.07, 6.45) is 5.48. The number of benzene rings is 2. The third kappa shape index (κ3) is 2.67. The van der Waals surface area contributed by atoms with Gasteiger partial charge in [0.2, 0.25) is 11.8 Å². The summed E-state index contributed by atoms with van der Waals surface area (Å²) >= 11 is 0. The summed E-state index contributed by atoms with van der Waals surface area (Å²) in [5.41, 5.74) is 1.62. The van der Waals surface area contributed by atoms with E-state index in [1.54, 1.807) is 55.6 Å². The third-order valence-corrected chi connectivity index (χ3v) is 7.38. The van der Waals surface area contributed by atoms with Crippen molar-refractivity contribution >= 4 is 29.1 Å². The van der Waals surface area contributed by atoms with Crippen molar-refractivity contribution in [3.8, 4) is 5.75 Å². The molecule has 0 spiro atoms. The van der Waals surface area contributed by atoms with Gasteiger partial charge in [0.05, 0.1) is 24.6 Å². The van der Waals surface area contributed by atoms with Crippen LogP contribution in [0.2, 0.25) is 0 Å². The molecule has 5 aliphatic rings. The molecule has 0 unspecified atom stereocenters. The number of amides is 3. The highest BCUT2D eigenvalue weighted by molar-refractivity contribution is 6.22. The standard InChI is InChI=1S/C25H22N2O4/c1-31-16-4-2-3-14(11-16)26-23(28)13-5-7-15(8-6-13)27-24(29)21-17-9-10-18(20-12-19(17)20)22(21)25(27)30/h2-11,17-22H,12H2,1H3,(H,26,28)/t17-,18-,19-,20+,21-,22+/m0/s1. The lowest BCUT2D eigenvalue weighted by molar-refractivity contribution is -0.124. The van der Waals surface area contributed by atoms with Gasteiger partial charge < -0.3 is 10.1 Å². The summed E-state index contributed by atoms with van der Waals surface area (Å²) in [7, 11) is 1.57. The highest BCUT2D eigenvalue weighted by atomic mass is 16.5. The number of carbonyl (C=O) groups excluding carboxylic acids is 3. The van der Waals surface area contributed by atoms with Crippen LogP contribution in [-0.2, 0) is 9.59 Å². The van der Waals surface area contributed by atoms with Gasteiger partial charge in [-0.3, -0.25) is 19.3 Å². The summed E-state index contributed by atoms with van der Waals surface area (Å²) in [4.78, 5) is 40.4. The second-order valence-corrected chi connectivity index (χ2v) is 8.90. The number of anilines is 2. The van der Waals surface area contributed by atoms with Crippen LogP contribution < -0.4 is 15.0 Å². The van der Waals surface area contributed by atoms with E-state index < -0.39 is 0 Å². The topological polar surface area (TPSA) is 75.7 Å². The maximum absolute atomic E-state index is 13.2. The Labute approximate surface area is 179 Å². The fourth-order valence-electron chi connectivity index (χ4n) is 5.88. The maximum Gasteiger partial charge on any atom is 0.255 e. The van der Waals surface area contributed by atoms with Gasteiger partial charge in [-0.1, -0.05) is 18.2 Å². The number of hydrogen-bond acceptors (Lipinski definition) is 4. The molecule has 1 N–H and O–H groups in total. The molecule has 3 amide bonds. The first-order valence-electron chi connectivity index (χ1n) is 10.7. The fraction of sp³-hybridized carbons (Fsp3) is 0.320. The summed E-state index contributed by atoms with van der Waals surface area (Å²) < 4.78 is 5.18. The Kier molecular flexibility index (Phi) is 3.88. The Morgan fingerprint density at radius 3 is 2.23 bits per heavy atom. The van der Waals surface area contributed by atoms with Gasteiger partial charge in [-0.2, -0.15) is 0 Å². The first-order valence-corrected chi connectivity index (χ1v) is 10.7. The number of hydrogen-bond donors (Lipinski definition) is 1. The van der Waals surface area contributed by atoms with Gasteiger partial charge in [0.1, 0.15) is 5.75 Å². The molecule has 0 aromatic heterocycles. The van der Waals surface area contributed by atoms with E-state index in [1.807, 2.05) is 0 Å². The van der Waals surface area contributed by atoms with E-state index in [0.717, 1.165) is 6.42 Å².